The predicted octanol–water partition coefficient (Wildman–Crippen LogP) is 4.67. The van der Waals surface area contributed by atoms with Gasteiger partial charge in [-0.15, -0.1) is 16.8 Å². The van der Waals surface area contributed by atoms with Gasteiger partial charge in [-0.3, -0.25) is 9.36 Å². The van der Waals surface area contributed by atoms with E-state index >= 15 is 0 Å². The van der Waals surface area contributed by atoms with Crippen LogP contribution >= 0.6 is 23.4 Å². The van der Waals surface area contributed by atoms with Crippen LogP contribution in [0.5, 0.6) is 0 Å². The van der Waals surface area contributed by atoms with Gasteiger partial charge in [0.25, 0.3) is 0 Å². The molecule has 2 atom stereocenters. The molecule has 5 nitrogen and oxygen atoms in total. The van der Waals surface area contributed by atoms with Crippen LogP contribution in [0.15, 0.2) is 42.1 Å². The van der Waals surface area contributed by atoms with Gasteiger partial charge in [0, 0.05) is 29.2 Å². The lowest BCUT2D eigenvalue weighted by atomic mass is 9.98. The molecule has 1 amide bonds. The largest absolute Gasteiger partial charge is 0.337 e. The first-order valence-corrected chi connectivity index (χ1v) is 10.6. The number of aromatic nitrogens is 3. The number of carbonyl (C=O) groups excluding carboxylic acids is 1. The zero-order valence-corrected chi connectivity index (χ0v) is 17.3. The van der Waals surface area contributed by atoms with Gasteiger partial charge in [-0.25, -0.2) is 0 Å². The number of allylic oxidation sites excluding steroid dienone is 1. The number of halogens is 1. The minimum atomic E-state index is 0.167. The monoisotopic (exact) mass is 404 g/mol. The van der Waals surface area contributed by atoms with E-state index in [1.807, 2.05) is 39.8 Å². The van der Waals surface area contributed by atoms with Crippen LogP contribution in [-0.2, 0) is 11.3 Å². The zero-order valence-electron chi connectivity index (χ0n) is 15.8. The van der Waals surface area contributed by atoms with Gasteiger partial charge in [0.15, 0.2) is 11.0 Å². The quantitative estimate of drug-likeness (QED) is 0.518. The van der Waals surface area contributed by atoms with Gasteiger partial charge >= 0.3 is 0 Å². The molecule has 0 radical (unpaired) electrons. The molecule has 144 valence electrons. The number of amides is 1. The number of likely N-dealkylation sites (tertiary alicyclic amines) is 1. The van der Waals surface area contributed by atoms with E-state index in [4.69, 9.17) is 11.6 Å². The van der Waals surface area contributed by atoms with E-state index in [9.17, 15) is 4.79 Å². The molecule has 0 saturated carbocycles. The molecule has 0 spiro atoms. The average Bonchev–Trinajstić information content (AvgIpc) is 3.03. The molecular weight excluding hydrogens is 380 g/mol. The predicted molar refractivity (Wildman–Crippen MR) is 111 cm³/mol. The Morgan fingerprint density at radius 3 is 2.56 bits per heavy atom. The first kappa shape index (κ1) is 20.0. The van der Waals surface area contributed by atoms with Crippen LogP contribution in [0.4, 0.5) is 0 Å². The second-order valence-electron chi connectivity index (χ2n) is 6.93. The molecule has 0 bridgehead atoms. The van der Waals surface area contributed by atoms with Crippen molar-refractivity contribution in [1.29, 1.82) is 0 Å². The van der Waals surface area contributed by atoms with Gasteiger partial charge in [-0.05, 0) is 57.4 Å². The van der Waals surface area contributed by atoms with E-state index in [0.717, 1.165) is 29.4 Å². The van der Waals surface area contributed by atoms with Gasteiger partial charge in [0.2, 0.25) is 5.91 Å². The smallest absolute Gasteiger partial charge is 0.233 e. The van der Waals surface area contributed by atoms with Crippen molar-refractivity contribution in [3.8, 4) is 11.4 Å². The fourth-order valence-corrected chi connectivity index (χ4v) is 4.56. The molecule has 1 aromatic heterocycles. The van der Waals surface area contributed by atoms with Crippen LogP contribution in [-0.4, -0.2) is 43.4 Å². The lowest BCUT2D eigenvalue weighted by Gasteiger charge is -2.39. The Hall–Kier alpha value is -1.79. The SMILES string of the molecule is C=CCn1c(SCC(=O)N2[C@H](C)CCC[C@H]2C)nnc1-c1ccc(Cl)cc1. The lowest BCUT2D eigenvalue weighted by Crippen LogP contribution is -2.48. The van der Waals surface area contributed by atoms with Gasteiger partial charge in [0.05, 0.1) is 5.75 Å². The maximum Gasteiger partial charge on any atom is 0.233 e. The Bertz CT molecular complexity index is 795. The normalized spacial score (nSPS) is 19.9. The fourth-order valence-electron chi connectivity index (χ4n) is 3.62. The molecule has 7 heteroatoms. The second-order valence-corrected chi connectivity index (χ2v) is 8.31. The van der Waals surface area contributed by atoms with Crippen LogP contribution in [0.2, 0.25) is 5.02 Å². The summed E-state index contributed by atoms with van der Waals surface area (Å²) >= 11 is 7.42. The molecule has 3 rings (SSSR count). The van der Waals surface area contributed by atoms with E-state index in [1.54, 1.807) is 0 Å². The molecule has 0 unspecified atom stereocenters. The Labute approximate surface area is 169 Å². The number of thioether (sulfide) groups is 1. The topological polar surface area (TPSA) is 51.0 Å². The standard InChI is InChI=1S/C20H25ClN4OS/c1-4-12-24-19(16-8-10-17(21)11-9-16)22-23-20(24)27-13-18(26)25-14(2)6-5-7-15(25)3/h4,8-11,14-15H,1,5-7,12-13H2,2-3H3/t14-,15-/m1/s1. The van der Waals surface area contributed by atoms with Crippen molar-refractivity contribution in [2.24, 2.45) is 0 Å². The van der Waals surface area contributed by atoms with Crippen LogP contribution in [0.1, 0.15) is 33.1 Å². The Morgan fingerprint density at radius 2 is 1.93 bits per heavy atom. The fraction of sp³-hybridized carbons (Fsp3) is 0.450. The third kappa shape index (κ3) is 4.55. The van der Waals surface area contributed by atoms with Gasteiger partial charge in [-0.2, -0.15) is 0 Å². The number of hydrogen-bond donors (Lipinski definition) is 0. The van der Waals surface area contributed by atoms with E-state index in [0.29, 0.717) is 29.4 Å². The first-order valence-electron chi connectivity index (χ1n) is 9.25. The summed E-state index contributed by atoms with van der Waals surface area (Å²) in [4.78, 5) is 14.8. The van der Waals surface area contributed by atoms with Crippen molar-refractivity contribution in [3.63, 3.8) is 0 Å². The number of piperidine rings is 1. The minimum absolute atomic E-state index is 0.167. The van der Waals surface area contributed by atoms with Crippen LogP contribution < -0.4 is 0 Å². The molecule has 2 aromatic rings. The van der Waals surface area contributed by atoms with Crippen molar-refractivity contribution in [3.05, 3.63) is 41.9 Å². The molecule has 27 heavy (non-hydrogen) atoms. The molecular formula is C20H25ClN4OS. The highest BCUT2D eigenvalue weighted by Gasteiger charge is 2.29. The van der Waals surface area contributed by atoms with Crippen molar-refractivity contribution in [2.75, 3.05) is 5.75 Å². The number of rotatable bonds is 6. The molecule has 0 N–H and O–H groups in total. The summed E-state index contributed by atoms with van der Waals surface area (Å²) in [5.41, 5.74) is 0.935. The summed E-state index contributed by atoms with van der Waals surface area (Å²) in [7, 11) is 0. The molecule has 2 heterocycles. The van der Waals surface area contributed by atoms with Gasteiger partial charge < -0.3 is 4.90 Å². The van der Waals surface area contributed by atoms with Crippen LogP contribution in [0, 0.1) is 0 Å². The summed E-state index contributed by atoms with van der Waals surface area (Å²) in [5.74, 6) is 1.28. The lowest BCUT2D eigenvalue weighted by molar-refractivity contribution is -0.134. The third-order valence-corrected chi connectivity index (χ3v) is 6.14. The highest BCUT2D eigenvalue weighted by Crippen LogP contribution is 2.27. The van der Waals surface area contributed by atoms with Gasteiger partial charge in [-0.1, -0.05) is 29.4 Å². The molecule has 1 aliphatic rings. The van der Waals surface area contributed by atoms with Crippen molar-refractivity contribution in [1.82, 2.24) is 19.7 Å². The second kappa shape index (κ2) is 8.93. The summed E-state index contributed by atoms with van der Waals surface area (Å²) in [6.07, 6.45) is 5.16. The van der Waals surface area contributed by atoms with Crippen LogP contribution in [0.3, 0.4) is 0 Å². The van der Waals surface area contributed by atoms with Crippen LogP contribution in [0.25, 0.3) is 11.4 Å². The number of benzene rings is 1. The van der Waals surface area contributed by atoms with Crippen molar-refractivity contribution >= 4 is 29.3 Å². The third-order valence-electron chi connectivity index (χ3n) is 4.94. The molecule has 1 aliphatic heterocycles. The number of hydrogen-bond acceptors (Lipinski definition) is 4. The summed E-state index contributed by atoms with van der Waals surface area (Å²) in [5, 5.41) is 10.1. The highest BCUT2D eigenvalue weighted by molar-refractivity contribution is 7.99. The maximum atomic E-state index is 12.8. The van der Waals surface area contributed by atoms with Crippen molar-refractivity contribution < 1.29 is 4.79 Å². The van der Waals surface area contributed by atoms with Crippen molar-refractivity contribution in [2.45, 2.75) is 56.9 Å². The summed E-state index contributed by atoms with van der Waals surface area (Å²) in [6.45, 7) is 8.69. The molecule has 1 saturated heterocycles. The average molecular weight is 405 g/mol. The van der Waals surface area contributed by atoms with E-state index in [1.165, 1.54) is 18.2 Å². The maximum absolute atomic E-state index is 12.8. The minimum Gasteiger partial charge on any atom is -0.337 e. The Morgan fingerprint density at radius 1 is 1.26 bits per heavy atom. The summed E-state index contributed by atoms with van der Waals surface area (Å²) in [6, 6.07) is 8.11. The van der Waals surface area contributed by atoms with E-state index < -0.39 is 0 Å². The summed E-state index contributed by atoms with van der Waals surface area (Å²) < 4.78 is 1.98. The Kier molecular flexibility index (Phi) is 6.60. The van der Waals surface area contributed by atoms with E-state index in [2.05, 4.69) is 30.6 Å². The van der Waals surface area contributed by atoms with Gasteiger partial charge in [0.1, 0.15) is 0 Å². The first-order chi connectivity index (χ1) is 13.0. The molecule has 0 aliphatic carbocycles. The number of carbonyl (C=O) groups is 1. The highest BCUT2D eigenvalue weighted by atomic mass is 35.5. The molecule has 1 fully saturated rings. The number of nitrogens with zero attached hydrogens (tertiary/aromatic N) is 4. The molecule has 1 aromatic carbocycles. The van der Waals surface area contributed by atoms with E-state index in [-0.39, 0.29) is 5.91 Å². The Balaban J connectivity index is 1.75. The zero-order chi connectivity index (χ0) is 19.4.